The van der Waals surface area contributed by atoms with Crippen LogP contribution < -0.4 is 0 Å². The Morgan fingerprint density at radius 3 is 2.75 bits per heavy atom. The van der Waals surface area contributed by atoms with E-state index in [1.54, 1.807) is 0 Å². The molecule has 1 heterocycles. The lowest BCUT2D eigenvalue weighted by Gasteiger charge is -2.44. The van der Waals surface area contributed by atoms with Crippen molar-refractivity contribution in [3.05, 3.63) is 12.2 Å². The Bertz CT molecular complexity index is 317. The molecule has 0 N–H and O–H groups in total. The zero-order chi connectivity index (χ0) is 11.5. The first-order valence-corrected chi connectivity index (χ1v) is 6.86. The Labute approximate surface area is 99.3 Å². The van der Waals surface area contributed by atoms with Gasteiger partial charge in [0.1, 0.15) is 0 Å². The topological polar surface area (TPSA) is 9.23 Å². The van der Waals surface area contributed by atoms with Crippen molar-refractivity contribution in [3.63, 3.8) is 0 Å². The van der Waals surface area contributed by atoms with E-state index >= 15 is 0 Å². The molecule has 16 heavy (non-hydrogen) atoms. The van der Waals surface area contributed by atoms with Gasteiger partial charge in [0.15, 0.2) is 0 Å². The van der Waals surface area contributed by atoms with Gasteiger partial charge in [0.05, 0.1) is 11.7 Å². The molecule has 0 amide bonds. The lowest BCUT2D eigenvalue weighted by molar-refractivity contribution is -0.0626. The van der Waals surface area contributed by atoms with Crippen LogP contribution in [0, 0.1) is 23.7 Å². The highest BCUT2D eigenvalue weighted by atomic mass is 16.5. The van der Waals surface area contributed by atoms with Gasteiger partial charge in [-0.25, -0.2) is 0 Å². The maximum atomic E-state index is 6.39. The van der Waals surface area contributed by atoms with Gasteiger partial charge < -0.3 is 4.74 Å². The van der Waals surface area contributed by atoms with E-state index in [0.29, 0.717) is 6.10 Å². The molecular weight excluding hydrogens is 196 g/mol. The number of rotatable bonds is 0. The summed E-state index contributed by atoms with van der Waals surface area (Å²) in [5, 5.41) is 0. The van der Waals surface area contributed by atoms with Gasteiger partial charge in [-0.05, 0) is 63.2 Å². The van der Waals surface area contributed by atoms with Crippen molar-refractivity contribution in [2.24, 2.45) is 23.7 Å². The minimum absolute atomic E-state index is 0.104. The summed E-state index contributed by atoms with van der Waals surface area (Å²) in [5.74, 6) is 3.06. The molecule has 0 aromatic heterocycles. The SMILES string of the molecule is C=C1CC[C@@H]2[C@@H]3[C@@H](OC2(C)C)[C@H](C)CC[C@@H]13. The number of hydrogen-bond donors (Lipinski definition) is 0. The second-order valence-electron chi connectivity index (χ2n) is 6.73. The van der Waals surface area contributed by atoms with Crippen LogP contribution in [0.15, 0.2) is 12.2 Å². The highest BCUT2D eigenvalue weighted by Crippen LogP contribution is 2.57. The lowest BCUT2D eigenvalue weighted by Crippen LogP contribution is -2.41. The van der Waals surface area contributed by atoms with Crippen molar-refractivity contribution in [1.82, 2.24) is 0 Å². The first kappa shape index (κ1) is 10.8. The molecular formula is C15H24O. The van der Waals surface area contributed by atoms with Gasteiger partial charge >= 0.3 is 0 Å². The second-order valence-corrected chi connectivity index (χ2v) is 6.73. The van der Waals surface area contributed by atoms with E-state index < -0.39 is 0 Å². The molecule has 5 atom stereocenters. The molecule has 1 nitrogen and oxygen atoms in total. The molecule has 0 unspecified atom stereocenters. The molecule has 3 fully saturated rings. The molecule has 1 aliphatic heterocycles. The van der Waals surface area contributed by atoms with E-state index in [-0.39, 0.29) is 5.60 Å². The fourth-order valence-corrected chi connectivity index (χ4v) is 4.56. The Morgan fingerprint density at radius 2 is 2.00 bits per heavy atom. The molecule has 2 saturated carbocycles. The van der Waals surface area contributed by atoms with Gasteiger partial charge in [-0.2, -0.15) is 0 Å². The molecule has 90 valence electrons. The quantitative estimate of drug-likeness (QED) is 0.564. The number of hydrogen-bond acceptors (Lipinski definition) is 1. The van der Waals surface area contributed by atoms with Crippen LogP contribution in [0.3, 0.4) is 0 Å². The van der Waals surface area contributed by atoms with Crippen LogP contribution in [0.4, 0.5) is 0 Å². The van der Waals surface area contributed by atoms with Crippen LogP contribution in [0.2, 0.25) is 0 Å². The van der Waals surface area contributed by atoms with Crippen LogP contribution >= 0.6 is 0 Å². The van der Waals surface area contributed by atoms with Crippen LogP contribution in [0.25, 0.3) is 0 Å². The monoisotopic (exact) mass is 220 g/mol. The first-order chi connectivity index (χ1) is 7.50. The minimum Gasteiger partial charge on any atom is -0.371 e. The van der Waals surface area contributed by atoms with Crippen LogP contribution in [0.1, 0.15) is 46.5 Å². The Kier molecular flexibility index (Phi) is 2.27. The second kappa shape index (κ2) is 3.35. The summed E-state index contributed by atoms with van der Waals surface area (Å²) >= 11 is 0. The summed E-state index contributed by atoms with van der Waals surface area (Å²) in [6.45, 7) is 11.3. The van der Waals surface area contributed by atoms with Crippen molar-refractivity contribution >= 4 is 0 Å². The van der Waals surface area contributed by atoms with Crippen molar-refractivity contribution in [3.8, 4) is 0 Å². The van der Waals surface area contributed by atoms with E-state index in [4.69, 9.17) is 4.74 Å². The maximum Gasteiger partial charge on any atom is 0.0662 e. The molecule has 0 spiro atoms. The fraction of sp³-hybridized carbons (Fsp3) is 0.867. The van der Waals surface area contributed by atoms with Gasteiger partial charge in [0.25, 0.3) is 0 Å². The van der Waals surface area contributed by atoms with Crippen molar-refractivity contribution in [2.45, 2.75) is 58.2 Å². The number of allylic oxidation sites excluding steroid dienone is 1. The molecule has 1 saturated heterocycles. The van der Waals surface area contributed by atoms with Gasteiger partial charge in [-0.3, -0.25) is 0 Å². The summed E-state index contributed by atoms with van der Waals surface area (Å²) in [7, 11) is 0. The summed E-state index contributed by atoms with van der Waals surface area (Å²) in [5.41, 5.74) is 1.62. The van der Waals surface area contributed by atoms with E-state index in [1.807, 2.05) is 0 Å². The van der Waals surface area contributed by atoms with Crippen molar-refractivity contribution in [1.29, 1.82) is 0 Å². The van der Waals surface area contributed by atoms with Crippen molar-refractivity contribution < 1.29 is 4.74 Å². The summed E-state index contributed by atoms with van der Waals surface area (Å²) in [6.07, 6.45) is 5.73. The first-order valence-electron chi connectivity index (χ1n) is 6.86. The molecule has 0 radical (unpaired) electrons. The van der Waals surface area contributed by atoms with E-state index in [2.05, 4.69) is 27.4 Å². The van der Waals surface area contributed by atoms with Crippen molar-refractivity contribution in [2.75, 3.05) is 0 Å². The summed E-state index contributed by atoms with van der Waals surface area (Å²) < 4.78 is 6.39. The third-order valence-electron chi connectivity index (χ3n) is 5.44. The third-order valence-corrected chi connectivity index (χ3v) is 5.44. The molecule has 0 bridgehead atoms. The third kappa shape index (κ3) is 1.33. The Morgan fingerprint density at radius 1 is 1.25 bits per heavy atom. The fourth-order valence-electron chi connectivity index (χ4n) is 4.56. The smallest absolute Gasteiger partial charge is 0.0662 e. The van der Waals surface area contributed by atoms with Crippen LogP contribution in [0.5, 0.6) is 0 Å². The van der Waals surface area contributed by atoms with Gasteiger partial charge in [0.2, 0.25) is 0 Å². The highest BCUT2D eigenvalue weighted by molar-refractivity contribution is 5.16. The van der Waals surface area contributed by atoms with Gasteiger partial charge in [-0.1, -0.05) is 19.1 Å². The molecule has 0 aromatic rings. The Balaban J connectivity index is 1.97. The molecule has 0 aromatic carbocycles. The normalized spacial score (nSPS) is 50.2. The minimum atomic E-state index is 0.104. The predicted molar refractivity (Wildman–Crippen MR) is 66.2 cm³/mol. The molecule has 2 aliphatic carbocycles. The molecule has 3 aliphatic rings. The Hall–Kier alpha value is -0.300. The molecule has 1 heteroatoms. The maximum absolute atomic E-state index is 6.39. The van der Waals surface area contributed by atoms with E-state index in [0.717, 1.165) is 23.7 Å². The standard InChI is InChI=1S/C15H24O/c1-9-6-8-12-13-11(9)7-5-10(2)14(13)16-15(12,3)4/h10-14H,1,5-8H2,2-4H3/t10-,11+,12-,13-,14+/m1/s1. The largest absolute Gasteiger partial charge is 0.371 e. The lowest BCUT2D eigenvalue weighted by atomic mass is 9.59. The molecule has 3 rings (SSSR count). The predicted octanol–water partition coefficient (Wildman–Crippen LogP) is 3.79. The van der Waals surface area contributed by atoms with E-state index in [9.17, 15) is 0 Å². The van der Waals surface area contributed by atoms with Crippen LogP contribution in [-0.2, 0) is 4.74 Å². The number of ether oxygens (including phenoxy) is 1. The average molecular weight is 220 g/mol. The summed E-state index contributed by atoms with van der Waals surface area (Å²) in [4.78, 5) is 0. The van der Waals surface area contributed by atoms with Gasteiger partial charge in [0, 0.05) is 0 Å². The zero-order valence-corrected chi connectivity index (χ0v) is 10.8. The van der Waals surface area contributed by atoms with Crippen LogP contribution in [-0.4, -0.2) is 11.7 Å². The zero-order valence-electron chi connectivity index (χ0n) is 10.8. The van der Waals surface area contributed by atoms with E-state index in [1.165, 1.54) is 31.3 Å². The average Bonchev–Trinajstić information content (AvgIpc) is 2.49. The van der Waals surface area contributed by atoms with Gasteiger partial charge in [-0.15, -0.1) is 0 Å². The highest BCUT2D eigenvalue weighted by Gasteiger charge is 2.56. The summed E-state index contributed by atoms with van der Waals surface area (Å²) in [6, 6.07) is 0.